The molecule has 2 aliphatic rings. The van der Waals surface area contributed by atoms with E-state index in [1.165, 1.54) is 13.5 Å². The van der Waals surface area contributed by atoms with Gasteiger partial charge in [0.05, 0.1) is 38.4 Å². The van der Waals surface area contributed by atoms with Crippen molar-refractivity contribution in [1.29, 1.82) is 5.26 Å². The van der Waals surface area contributed by atoms with Gasteiger partial charge in [-0.25, -0.2) is 17.8 Å². The first-order valence-corrected chi connectivity index (χ1v) is 19.9. The number of rotatable bonds is 18. The lowest BCUT2D eigenvalue weighted by molar-refractivity contribution is -0.0311. The number of methoxy groups -OCH3 is 1. The minimum Gasteiger partial charge on any atom is -0.376 e. The molecule has 2 rings (SSSR count). The average molecular weight is 662 g/mol. The molecule has 2 heterocycles. The van der Waals surface area contributed by atoms with Crippen LogP contribution in [-0.4, -0.2) is 78.9 Å². The summed E-state index contributed by atoms with van der Waals surface area (Å²) in [5.41, 5.74) is 0. The number of nitrogens with zero attached hydrogens (tertiary/aromatic N) is 1. The highest BCUT2D eigenvalue weighted by molar-refractivity contribution is 8.76. The largest absolute Gasteiger partial charge is 0.488 e. The Hall–Kier alpha value is 0.940. The lowest BCUT2D eigenvalue weighted by atomic mass is 10.1. The van der Waals surface area contributed by atoms with Crippen molar-refractivity contribution in [2.45, 2.75) is 63.9 Å². The molecule has 2 saturated heterocycles. The molecule has 4 unspecified atom stereocenters. The Morgan fingerprint density at radius 3 is 2.34 bits per heavy atom. The topological polar surface area (TPSA) is 181 Å². The van der Waals surface area contributed by atoms with Crippen molar-refractivity contribution in [3.8, 4) is 6.07 Å². The number of nitriles is 1. The molecule has 0 saturated carbocycles. The Bertz CT molecular complexity index is 888. The van der Waals surface area contributed by atoms with Gasteiger partial charge in [0.25, 0.3) is 7.57 Å². The van der Waals surface area contributed by atoms with Crippen molar-refractivity contribution >= 4 is 59.7 Å². The van der Waals surface area contributed by atoms with Crippen molar-refractivity contribution < 1.29 is 59.4 Å². The number of ether oxygens (including phenoxy) is 2. The van der Waals surface area contributed by atoms with Gasteiger partial charge in [-0.05, 0) is 26.1 Å². The molecule has 20 heteroatoms. The zero-order valence-corrected chi connectivity index (χ0v) is 26.5. The maximum Gasteiger partial charge on any atom is 0.488 e. The average Bonchev–Trinajstić information content (AvgIpc) is 3.11. The van der Waals surface area contributed by atoms with E-state index < -0.39 is 56.2 Å². The lowest BCUT2D eigenvalue weighted by Crippen LogP contribution is -2.37. The Balaban J connectivity index is 1.95. The second-order valence-electron chi connectivity index (χ2n) is 7.89. The molecule has 0 aromatic heterocycles. The van der Waals surface area contributed by atoms with Gasteiger partial charge >= 0.3 is 24.2 Å². The monoisotopic (exact) mass is 661 g/mol. The van der Waals surface area contributed by atoms with Crippen molar-refractivity contribution in [1.82, 2.24) is 0 Å². The fraction of sp³-hybridized carbons (Fsp3) is 0.889. The fourth-order valence-electron chi connectivity index (χ4n) is 3.16. The van der Waals surface area contributed by atoms with Gasteiger partial charge in [-0.3, -0.25) is 0 Å². The summed E-state index contributed by atoms with van der Waals surface area (Å²) in [7, 11) is -10.4. The molecule has 0 amide bonds. The van der Waals surface area contributed by atoms with Gasteiger partial charge in [0.15, 0.2) is 0 Å². The summed E-state index contributed by atoms with van der Waals surface area (Å²) < 4.78 is 71.1. The van der Waals surface area contributed by atoms with Crippen molar-refractivity contribution in [3.63, 3.8) is 0 Å². The SMILES string of the molecule is C=P(OCCC#N)(OCCCSSCCCC)OC1[C@H](C)O[C@H](COP2OP(=O)(O)OP(=O)(O)O2)[C@@H]1OC. The number of hydrogen-bond acceptors (Lipinski definition) is 14. The van der Waals surface area contributed by atoms with Crippen LogP contribution in [0.2, 0.25) is 0 Å². The first kappa shape index (κ1) is 35.1. The minimum atomic E-state index is -4.83. The second-order valence-corrected chi connectivity index (χ2v) is 17.1. The molecule has 0 bridgehead atoms. The third-order valence-electron chi connectivity index (χ3n) is 4.81. The number of unbranched alkanes of at least 4 members (excludes halogenated alkanes) is 1. The van der Waals surface area contributed by atoms with Gasteiger partial charge in [-0.15, -0.1) is 0 Å². The van der Waals surface area contributed by atoms with Crippen LogP contribution in [0.5, 0.6) is 0 Å². The lowest BCUT2D eigenvalue weighted by Gasteiger charge is -2.31. The molecule has 0 aromatic carbocycles. The van der Waals surface area contributed by atoms with E-state index in [4.69, 9.17) is 32.8 Å². The van der Waals surface area contributed by atoms with E-state index in [1.807, 2.05) is 16.9 Å². The van der Waals surface area contributed by atoms with Crippen LogP contribution >= 0.6 is 53.4 Å². The first-order chi connectivity index (χ1) is 17.9. The summed E-state index contributed by atoms with van der Waals surface area (Å²) in [4.78, 5) is 18.9. The van der Waals surface area contributed by atoms with E-state index in [-0.39, 0.29) is 19.6 Å². The van der Waals surface area contributed by atoms with Crippen LogP contribution in [-0.2, 0) is 49.6 Å². The van der Waals surface area contributed by atoms with E-state index in [9.17, 15) is 18.9 Å². The van der Waals surface area contributed by atoms with Crippen molar-refractivity contribution in [2.75, 3.05) is 38.4 Å². The highest BCUT2D eigenvalue weighted by atomic mass is 33.1. The van der Waals surface area contributed by atoms with E-state index in [2.05, 4.69) is 26.2 Å². The standard InChI is InChI=1S/C18H35NO13P4S2/c1-5-6-12-37-38-13-8-11-27-34(4,26-10-7-9-19)29-17-15(2)28-16(18(17)24-3)14-25-33-30-35(20,21)32-36(22,23)31-33/h15-18H,4-8,10-14H2,1-3H3,(H,20,21)(H,22,23)/t15-,16+,17?,18-,34?/m0/s1. The van der Waals surface area contributed by atoms with E-state index >= 15 is 0 Å². The summed E-state index contributed by atoms with van der Waals surface area (Å²) >= 11 is 0. The van der Waals surface area contributed by atoms with Gasteiger partial charge in [0.1, 0.15) is 18.3 Å². The van der Waals surface area contributed by atoms with Gasteiger partial charge in [-0.2, -0.15) is 9.57 Å². The van der Waals surface area contributed by atoms with Crippen LogP contribution in [0.3, 0.4) is 0 Å². The third kappa shape index (κ3) is 12.4. The van der Waals surface area contributed by atoms with E-state index in [1.54, 1.807) is 17.7 Å². The van der Waals surface area contributed by atoms with Crippen molar-refractivity contribution in [2.24, 2.45) is 0 Å². The molecule has 0 aromatic rings. The molecule has 2 N–H and O–H groups in total. The number of hydrogen-bond donors (Lipinski definition) is 2. The predicted molar refractivity (Wildman–Crippen MR) is 146 cm³/mol. The minimum absolute atomic E-state index is 0.0744. The highest BCUT2D eigenvalue weighted by Crippen LogP contribution is 2.76. The van der Waals surface area contributed by atoms with Gasteiger partial charge in [0, 0.05) is 18.6 Å². The van der Waals surface area contributed by atoms with E-state index in [0.29, 0.717) is 6.61 Å². The van der Waals surface area contributed by atoms with Crippen LogP contribution in [0.4, 0.5) is 0 Å². The molecule has 222 valence electrons. The molecule has 14 nitrogen and oxygen atoms in total. The van der Waals surface area contributed by atoms with Crippen LogP contribution in [0, 0.1) is 11.3 Å². The van der Waals surface area contributed by atoms with Gasteiger partial charge in [-0.1, -0.05) is 34.9 Å². The molecule has 7 atom stereocenters. The smallest absolute Gasteiger partial charge is 0.376 e. The van der Waals surface area contributed by atoms with E-state index in [0.717, 1.165) is 24.3 Å². The summed E-state index contributed by atoms with van der Waals surface area (Å²) in [6, 6.07) is 2.01. The molecular weight excluding hydrogens is 626 g/mol. The van der Waals surface area contributed by atoms with Crippen LogP contribution in [0.15, 0.2) is 0 Å². The molecule has 2 fully saturated rings. The molecule has 38 heavy (non-hydrogen) atoms. The summed E-state index contributed by atoms with van der Waals surface area (Å²) in [5.74, 6) is 1.99. The fourth-order valence-corrected chi connectivity index (χ4v) is 11.3. The number of phosphoric acid groups is 2. The van der Waals surface area contributed by atoms with Crippen LogP contribution in [0.25, 0.3) is 0 Å². The Morgan fingerprint density at radius 2 is 1.74 bits per heavy atom. The molecule has 0 spiro atoms. The molecule has 2 aliphatic heterocycles. The molecule has 0 aliphatic carbocycles. The van der Waals surface area contributed by atoms with Gasteiger partial charge < -0.3 is 37.4 Å². The second kappa shape index (κ2) is 17.2. The summed E-state index contributed by atoms with van der Waals surface area (Å²) in [6.07, 6.45) is 4.52. The Labute approximate surface area is 232 Å². The quantitative estimate of drug-likeness (QED) is 0.108. The molecule has 0 radical (unpaired) electrons. The zero-order chi connectivity index (χ0) is 28.2. The summed E-state index contributed by atoms with van der Waals surface area (Å²) in [5, 5.41) is 8.90. The Morgan fingerprint density at radius 1 is 1.11 bits per heavy atom. The van der Waals surface area contributed by atoms with Crippen molar-refractivity contribution in [3.05, 3.63) is 0 Å². The van der Waals surface area contributed by atoms with Gasteiger partial charge in [0.2, 0.25) is 0 Å². The maximum atomic E-state index is 11.6. The summed E-state index contributed by atoms with van der Waals surface area (Å²) in [6.45, 7) is 4.02. The third-order valence-corrected chi connectivity index (χ3v) is 13.8. The van der Waals surface area contributed by atoms with Crippen LogP contribution < -0.4 is 0 Å². The predicted octanol–water partition coefficient (Wildman–Crippen LogP) is 5.39. The molecular formula is C18H35NO13P4S2. The first-order valence-electron chi connectivity index (χ1n) is 11.6. The zero-order valence-electron chi connectivity index (χ0n) is 21.3. The Kier molecular flexibility index (Phi) is 15.9. The normalized spacial score (nSPS) is 35.1. The highest BCUT2D eigenvalue weighted by Gasteiger charge is 2.50. The maximum absolute atomic E-state index is 11.6. The van der Waals surface area contributed by atoms with Crippen LogP contribution in [0.1, 0.15) is 39.5 Å².